The first kappa shape index (κ1) is 14.3. The third kappa shape index (κ3) is 3.32. The Bertz CT molecular complexity index is 460. The van der Waals surface area contributed by atoms with Gasteiger partial charge in [0.1, 0.15) is 0 Å². The van der Waals surface area contributed by atoms with Crippen molar-refractivity contribution in [3.8, 4) is 0 Å². The van der Waals surface area contributed by atoms with E-state index in [1.807, 2.05) is 12.1 Å². The summed E-state index contributed by atoms with van der Waals surface area (Å²) in [6.45, 7) is 0.815. The van der Waals surface area contributed by atoms with Crippen LogP contribution in [-0.2, 0) is 11.2 Å². The molecule has 3 rings (SSSR count). The lowest BCUT2D eigenvalue weighted by Crippen LogP contribution is -2.36. The maximum Gasteiger partial charge on any atom is 0.233 e. The maximum atomic E-state index is 12.3. The summed E-state index contributed by atoms with van der Waals surface area (Å²) < 4.78 is 0. The lowest BCUT2D eigenvalue weighted by atomic mass is 9.89. The molecule has 20 heavy (non-hydrogen) atoms. The molecule has 1 amide bonds. The Balaban J connectivity index is 1.47. The third-order valence-corrected chi connectivity index (χ3v) is 6.03. The normalized spacial score (nSPS) is 28.9. The SMILES string of the molecule is O=C(NCC1CCC(Cl)CC1)C1Cc2ccccc2S1. The highest BCUT2D eigenvalue weighted by atomic mass is 35.5. The molecular weight excluding hydrogens is 290 g/mol. The summed E-state index contributed by atoms with van der Waals surface area (Å²) in [5.74, 6) is 0.807. The zero-order valence-electron chi connectivity index (χ0n) is 11.5. The molecule has 2 aliphatic rings. The number of hydrogen-bond acceptors (Lipinski definition) is 2. The van der Waals surface area contributed by atoms with Gasteiger partial charge in [0.25, 0.3) is 0 Å². The van der Waals surface area contributed by atoms with Crippen LogP contribution < -0.4 is 5.32 Å². The Morgan fingerprint density at radius 2 is 2.00 bits per heavy atom. The van der Waals surface area contributed by atoms with Crippen LogP contribution >= 0.6 is 23.4 Å². The van der Waals surface area contributed by atoms with E-state index in [2.05, 4.69) is 17.4 Å². The van der Waals surface area contributed by atoms with Gasteiger partial charge >= 0.3 is 0 Å². The van der Waals surface area contributed by atoms with Crippen molar-refractivity contribution < 1.29 is 4.79 Å². The molecule has 1 aromatic rings. The second kappa shape index (κ2) is 6.40. The minimum absolute atomic E-state index is 0.0526. The molecule has 0 radical (unpaired) electrons. The molecule has 108 valence electrons. The Morgan fingerprint density at radius 3 is 2.75 bits per heavy atom. The number of thioether (sulfide) groups is 1. The van der Waals surface area contributed by atoms with Gasteiger partial charge in [-0.25, -0.2) is 0 Å². The molecule has 0 bridgehead atoms. The fourth-order valence-corrected chi connectivity index (χ4v) is 4.48. The van der Waals surface area contributed by atoms with E-state index in [0.29, 0.717) is 11.3 Å². The van der Waals surface area contributed by atoms with Gasteiger partial charge in [0.15, 0.2) is 0 Å². The molecule has 0 aromatic heterocycles. The van der Waals surface area contributed by atoms with Crippen molar-refractivity contribution >= 4 is 29.3 Å². The molecule has 1 atom stereocenters. The molecule has 4 heteroatoms. The zero-order valence-corrected chi connectivity index (χ0v) is 13.1. The Labute approximate surface area is 129 Å². The monoisotopic (exact) mass is 309 g/mol. The van der Waals surface area contributed by atoms with E-state index in [1.54, 1.807) is 11.8 Å². The van der Waals surface area contributed by atoms with E-state index in [4.69, 9.17) is 11.6 Å². The van der Waals surface area contributed by atoms with Crippen molar-refractivity contribution in [2.45, 2.75) is 47.6 Å². The summed E-state index contributed by atoms with van der Waals surface area (Å²) in [7, 11) is 0. The average molecular weight is 310 g/mol. The van der Waals surface area contributed by atoms with Gasteiger partial charge in [0.05, 0.1) is 5.25 Å². The van der Waals surface area contributed by atoms with Crippen LogP contribution in [0.3, 0.4) is 0 Å². The lowest BCUT2D eigenvalue weighted by molar-refractivity contribution is -0.120. The number of nitrogens with one attached hydrogen (secondary N) is 1. The van der Waals surface area contributed by atoms with Crippen molar-refractivity contribution in [2.75, 3.05) is 6.54 Å². The minimum Gasteiger partial charge on any atom is -0.355 e. The number of hydrogen-bond donors (Lipinski definition) is 1. The van der Waals surface area contributed by atoms with Gasteiger partial charge in [-0.05, 0) is 49.7 Å². The Morgan fingerprint density at radius 1 is 1.25 bits per heavy atom. The molecule has 1 unspecified atom stereocenters. The lowest BCUT2D eigenvalue weighted by Gasteiger charge is -2.25. The van der Waals surface area contributed by atoms with Crippen LogP contribution in [0.25, 0.3) is 0 Å². The molecule has 1 aliphatic carbocycles. The fourth-order valence-electron chi connectivity index (χ4n) is 3.01. The van der Waals surface area contributed by atoms with E-state index >= 15 is 0 Å². The van der Waals surface area contributed by atoms with Gasteiger partial charge in [-0.3, -0.25) is 4.79 Å². The van der Waals surface area contributed by atoms with Crippen molar-refractivity contribution in [3.05, 3.63) is 29.8 Å². The predicted octanol–water partition coefficient (Wildman–Crippen LogP) is 3.62. The number of alkyl halides is 1. The van der Waals surface area contributed by atoms with Gasteiger partial charge in [-0.1, -0.05) is 18.2 Å². The standard InChI is InChI=1S/C16H20ClNOS/c17-13-7-5-11(6-8-13)10-18-16(19)15-9-12-3-1-2-4-14(12)20-15/h1-4,11,13,15H,5-10H2,(H,18,19). The fraction of sp³-hybridized carbons (Fsp3) is 0.562. The van der Waals surface area contributed by atoms with Crippen molar-refractivity contribution in [3.63, 3.8) is 0 Å². The molecule has 2 nitrogen and oxygen atoms in total. The summed E-state index contributed by atoms with van der Waals surface area (Å²) in [6, 6.07) is 8.31. The zero-order chi connectivity index (χ0) is 13.9. The van der Waals surface area contributed by atoms with Gasteiger partial charge < -0.3 is 5.32 Å². The second-order valence-corrected chi connectivity index (χ2v) is 7.64. The molecule has 1 saturated carbocycles. The summed E-state index contributed by atoms with van der Waals surface area (Å²) >= 11 is 7.81. The van der Waals surface area contributed by atoms with E-state index in [-0.39, 0.29) is 11.2 Å². The highest BCUT2D eigenvalue weighted by Crippen LogP contribution is 2.36. The summed E-state index contributed by atoms with van der Waals surface area (Å²) in [4.78, 5) is 13.5. The van der Waals surface area contributed by atoms with E-state index in [0.717, 1.165) is 38.6 Å². The number of carbonyl (C=O) groups excluding carboxylic acids is 1. The number of carbonyl (C=O) groups is 1. The number of halogens is 1. The largest absolute Gasteiger partial charge is 0.355 e. The molecular formula is C16H20ClNOS. The van der Waals surface area contributed by atoms with Crippen molar-refractivity contribution in [1.29, 1.82) is 0 Å². The quantitative estimate of drug-likeness (QED) is 0.864. The van der Waals surface area contributed by atoms with Gasteiger partial charge in [0, 0.05) is 16.8 Å². The van der Waals surface area contributed by atoms with Crippen LogP contribution in [0.15, 0.2) is 29.2 Å². The molecule has 0 spiro atoms. The summed E-state index contributed by atoms with van der Waals surface area (Å²) in [5, 5.41) is 3.54. The van der Waals surface area contributed by atoms with Gasteiger partial charge in [-0.15, -0.1) is 23.4 Å². The molecule has 1 aliphatic heterocycles. The second-order valence-electron chi connectivity index (χ2n) is 5.78. The highest BCUT2D eigenvalue weighted by molar-refractivity contribution is 8.01. The Hall–Kier alpha value is -0.670. The van der Waals surface area contributed by atoms with Crippen LogP contribution in [0.4, 0.5) is 0 Å². The number of rotatable bonds is 3. The molecule has 1 N–H and O–H groups in total. The Kier molecular flexibility index (Phi) is 4.57. The minimum atomic E-state index is 0.0526. The highest BCUT2D eigenvalue weighted by Gasteiger charge is 2.28. The third-order valence-electron chi connectivity index (χ3n) is 4.28. The maximum absolute atomic E-state index is 12.3. The van der Waals surface area contributed by atoms with Gasteiger partial charge in [-0.2, -0.15) is 0 Å². The van der Waals surface area contributed by atoms with Crippen LogP contribution in [0.2, 0.25) is 0 Å². The average Bonchev–Trinajstić information content (AvgIpc) is 2.90. The molecule has 1 aromatic carbocycles. The smallest absolute Gasteiger partial charge is 0.233 e. The number of amides is 1. The predicted molar refractivity (Wildman–Crippen MR) is 84.4 cm³/mol. The van der Waals surface area contributed by atoms with E-state index in [1.165, 1.54) is 10.5 Å². The first-order chi connectivity index (χ1) is 9.72. The van der Waals surface area contributed by atoms with Crippen LogP contribution in [0.5, 0.6) is 0 Å². The molecule has 1 fully saturated rings. The summed E-state index contributed by atoms with van der Waals surface area (Å²) in [5.41, 5.74) is 1.31. The first-order valence-electron chi connectivity index (χ1n) is 7.38. The molecule has 1 heterocycles. The summed E-state index contributed by atoms with van der Waals surface area (Å²) in [6.07, 6.45) is 5.33. The van der Waals surface area contributed by atoms with E-state index in [9.17, 15) is 4.79 Å². The van der Waals surface area contributed by atoms with Crippen molar-refractivity contribution in [1.82, 2.24) is 5.32 Å². The van der Waals surface area contributed by atoms with Crippen LogP contribution in [-0.4, -0.2) is 23.1 Å². The first-order valence-corrected chi connectivity index (χ1v) is 8.70. The molecule has 0 saturated heterocycles. The van der Waals surface area contributed by atoms with Crippen LogP contribution in [0, 0.1) is 5.92 Å². The van der Waals surface area contributed by atoms with E-state index < -0.39 is 0 Å². The van der Waals surface area contributed by atoms with Gasteiger partial charge in [0.2, 0.25) is 5.91 Å². The number of fused-ring (bicyclic) bond motifs is 1. The van der Waals surface area contributed by atoms with Crippen molar-refractivity contribution in [2.24, 2.45) is 5.92 Å². The topological polar surface area (TPSA) is 29.1 Å². The van der Waals surface area contributed by atoms with Crippen LogP contribution in [0.1, 0.15) is 31.2 Å². The number of benzene rings is 1.